The Hall–Kier alpha value is -3.53. The molecule has 7 nitrogen and oxygen atoms in total. The number of thioether (sulfide) groups is 1. The largest absolute Gasteiger partial charge is 0.508 e. The van der Waals surface area contributed by atoms with E-state index in [1.54, 1.807) is 17.8 Å². The topological polar surface area (TPSA) is 94.4 Å². The second-order valence-electron chi connectivity index (χ2n) is 15.4. The first-order chi connectivity index (χ1) is 25.9. The van der Waals surface area contributed by atoms with Crippen molar-refractivity contribution in [2.45, 2.75) is 104 Å². The van der Waals surface area contributed by atoms with Crippen molar-refractivity contribution in [1.29, 1.82) is 0 Å². The molecule has 0 saturated carbocycles. The molecule has 0 radical (unpaired) electrons. The number of rotatable bonds is 23. The molecule has 0 aromatic heterocycles. The maximum atomic E-state index is 11.1. The summed E-state index contributed by atoms with van der Waals surface area (Å²) < 4.78 is 12.8. The number of benzene rings is 4. The van der Waals surface area contributed by atoms with E-state index in [2.05, 4.69) is 100 Å². The van der Waals surface area contributed by atoms with Crippen LogP contribution in [0.2, 0.25) is 0 Å². The first-order valence-corrected chi connectivity index (χ1v) is 20.9. The molecule has 4 aromatic carbocycles. The SMILES string of the molecule is CSCCC(C)(C)O[C@@H](CNCCc1ccc(OCCc2ccc(O)c([C@H](CCN(C(C)C)C(C)C)c3ccccc3)c2)cc1)c1ccc(O)c(CO)c1. The third-order valence-electron chi connectivity index (χ3n) is 10.2. The van der Waals surface area contributed by atoms with Gasteiger partial charge in [0.2, 0.25) is 0 Å². The van der Waals surface area contributed by atoms with Crippen LogP contribution in [0.3, 0.4) is 0 Å². The molecular weight excluding hydrogens is 693 g/mol. The molecule has 0 heterocycles. The van der Waals surface area contributed by atoms with Crippen LogP contribution in [0.5, 0.6) is 17.2 Å². The Morgan fingerprint density at radius 2 is 1.48 bits per heavy atom. The number of aromatic hydroxyl groups is 2. The van der Waals surface area contributed by atoms with Gasteiger partial charge in [-0.15, -0.1) is 0 Å². The zero-order valence-electron chi connectivity index (χ0n) is 33.6. The average molecular weight is 757 g/mol. The van der Waals surface area contributed by atoms with E-state index in [1.165, 1.54) is 11.1 Å². The summed E-state index contributed by atoms with van der Waals surface area (Å²) in [6, 6.07) is 31.1. The van der Waals surface area contributed by atoms with E-state index in [-0.39, 0.29) is 30.0 Å². The summed E-state index contributed by atoms with van der Waals surface area (Å²) in [6.07, 6.45) is 5.31. The third-order valence-corrected chi connectivity index (χ3v) is 10.8. The molecule has 0 spiro atoms. The molecule has 0 bridgehead atoms. The maximum absolute atomic E-state index is 11.1. The molecule has 2 atom stereocenters. The van der Waals surface area contributed by atoms with E-state index < -0.39 is 0 Å². The van der Waals surface area contributed by atoms with Gasteiger partial charge in [0.1, 0.15) is 17.2 Å². The molecular formula is C46H64N2O5S. The monoisotopic (exact) mass is 756 g/mol. The van der Waals surface area contributed by atoms with E-state index in [4.69, 9.17) is 9.47 Å². The van der Waals surface area contributed by atoms with Gasteiger partial charge in [-0.05, 0) is 138 Å². The van der Waals surface area contributed by atoms with Gasteiger partial charge < -0.3 is 30.1 Å². The summed E-state index contributed by atoms with van der Waals surface area (Å²) in [7, 11) is 0. The van der Waals surface area contributed by atoms with Crippen LogP contribution in [0.1, 0.15) is 99.8 Å². The lowest BCUT2D eigenvalue weighted by Crippen LogP contribution is -2.38. The molecule has 4 rings (SSSR count). The van der Waals surface area contributed by atoms with Gasteiger partial charge in [-0.2, -0.15) is 11.8 Å². The zero-order chi connectivity index (χ0) is 39.1. The van der Waals surface area contributed by atoms with Gasteiger partial charge in [-0.3, -0.25) is 4.90 Å². The molecule has 0 aliphatic carbocycles. The number of aliphatic hydroxyl groups is 1. The van der Waals surface area contributed by atoms with Gasteiger partial charge in [-0.1, -0.05) is 60.7 Å². The predicted molar refractivity (Wildman–Crippen MR) is 225 cm³/mol. The molecule has 8 heteroatoms. The maximum Gasteiger partial charge on any atom is 0.121 e. The molecule has 0 amide bonds. The quantitative estimate of drug-likeness (QED) is 0.0557. The number of aliphatic hydroxyl groups excluding tert-OH is 1. The highest BCUT2D eigenvalue weighted by molar-refractivity contribution is 7.98. The van der Waals surface area contributed by atoms with E-state index in [9.17, 15) is 15.3 Å². The van der Waals surface area contributed by atoms with Crippen molar-refractivity contribution < 1.29 is 24.8 Å². The number of phenols is 2. The van der Waals surface area contributed by atoms with Crippen molar-refractivity contribution in [1.82, 2.24) is 10.2 Å². The molecule has 54 heavy (non-hydrogen) atoms. The van der Waals surface area contributed by atoms with Crippen molar-refractivity contribution in [2.75, 3.05) is 38.2 Å². The number of phenolic OH excluding ortho intramolecular Hbond substituents is 1. The molecule has 0 aliphatic heterocycles. The van der Waals surface area contributed by atoms with Gasteiger partial charge in [0.25, 0.3) is 0 Å². The van der Waals surface area contributed by atoms with Crippen LogP contribution in [-0.2, 0) is 24.2 Å². The van der Waals surface area contributed by atoms with Crippen LogP contribution in [0.4, 0.5) is 0 Å². The number of hydrogen-bond acceptors (Lipinski definition) is 8. The van der Waals surface area contributed by atoms with Crippen molar-refractivity contribution >= 4 is 11.8 Å². The van der Waals surface area contributed by atoms with Gasteiger partial charge in [-0.25, -0.2) is 0 Å². The number of nitrogens with zero attached hydrogens (tertiary/aromatic N) is 1. The molecule has 0 unspecified atom stereocenters. The lowest BCUT2D eigenvalue weighted by Gasteiger charge is -2.32. The first-order valence-electron chi connectivity index (χ1n) is 19.5. The molecule has 0 saturated heterocycles. The molecule has 0 aliphatic rings. The van der Waals surface area contributed by atoms with E-state index in [1.807, 2.05) is 42.5 Å². The normalized spacial score (nSPS) is 13.2. The van der Waals surface area contributed by atoms with Crippen molar-refractivity contribution in [2.24, 2.45) is 0 Å². The number of nitrogens with one attached hydrogen (secondary N) is 1. The fourth-order valence-corrected chi connectivity index (χ4v) is 7.77. The van der Waals surface area contributed by atoms with Gasteiger partial charge in [0, 0.05) is 42.1 Å². The Morgan fingerprint density at radius 1 is 0.796 bits per heavy atom. The van der Waals surface area contributed by atoms with Crippen LogP contribution >= 0.6 is 11.8 Å². The lowest BCUT2D eigenvalue weighted by atomic mass is 9.86. The van der Waals surface area contributed by atoms with Crippen molar-refractivity contribution in [3.63, 3.8) is 0 Å². The summed E-state index contributed by atoms with van der Waals surface area (Å²) in [4.78, 5) is 2.52. The Bertz CT molecular complexity index is 1670. The van der Waals surface area contributed by atoms with Crippen LogP contribution in [-0.4, -0.2) is 76.2 Å². The van der Waals surface area contributed by atoms with Crippen LogP contribution in [0, 0.1) is 0 Å². The summed E-state index contributed by atoms with van der Waals surface area (Å²) in [6.45, 7) is 15.9. The zero-order valence-corrected chi connectivity index (χ0v) is 34.4. The molecule has 4 N–H and O–H groups in total. The molecule has 4 aromatic rings. The Morgan fingerprint density at radius 3 is 2.15 bits per heavy atom. The predicted octanol–water partition coefficient (Wildman–Crippen LogP) is 9.27. The minimum absolute atomic E-state index is 0.0925. The molecule has 0 fully saturated rings. The standard InChI is InChI=1S/C46H64N2O5S/c1-33(2)48(34(3)4)26-22-41(37-11-9-8-10-12-37)42-29-36(15-19-44(42)51)23-27-52-40-17-13-35(14-18-40)21-25-47-31-45(53-46(5,6)24-28-54-7)38-16-20-43(50)39(30-38)32-49/h8-20,29-30,33-34,41,45,47,49-51H,21-28,31-32H2,1-7H3/t41-,45+/m1/s1. The highest BCUT2D eigenvalue weighted by Crippen LogP contribution is 2.35. The van der Waals surface area contributed by atoms with Gasteiger partial charge >= 0.3 is 0 Å². The van der Waals surface area contributed by atoms with Crippen molar-refractivity contribution in [3.05, 3.63) is 124 Å². The smallest absolute Gasteiger partial charge is 0.121 e. The van der Waals surface area contributed by atoms with E-state index in [0.717, 1.165) is 67.0 Å². The van der Waals surface area contributed by atoms with Gasteiger partial charge in [0.15, 0.2) is 0 Å². The summed E-state index contributed by atoms with van der Waals surface area (Å²) in [5.41, 5.74) is 5.66. The highest BCUT2D eigenvalue weighted by atomic mass is 32.2. The fraction of sp³-hybridized carbons (Fsp3) is 0.478. The third kappa shape index (κ3) is 13.3. The second kappa shape index (κ2) is 21.5. The highest BCUT2D eigenvalue weighted by Gasteiger charge is 2.25. The Balaban J connectivity index is 1.32. The van der Waals surface area contributed by atoms with Gasteiger partial charge in [0.05, 0.1) is 24.9 Å². The minimum atomic E-state index is -0.319. The summed E-state index contributed by atoms with van der Waals surface area (Å²) >= 11 is 1.81. The Kier molecular flexibility index (Phi) is 17.2. The van der Waals surface area contributed by atoms with Crippen LogP contribution < -0.4 is 10.1 Å². The number of hydrogen-bond donors (Lipinski definition) is 4. The van der Waals surface area contributed by atoms with E-state index >= 15 is 0 Å². The first kappa shape index (κ1) is 43.2. The fourth-order valence-electron chi connectivity index (χ4n) is 7.07. The summed E-state index contributed by atoms with van der Waals surface area (Å²) in [5.74, 6) is 2.37. The average Bonchev–Trinajstić information content (AvgIpc) is 3.15. The number of ether oxygens (including phenoxy) is 2. The minimum Gasteiger partial charge on any atom is -0.508 e. The summed E-state index contributed by atoms with van der Waals surface area (Å²) in [5, 5.41) is 34.5. The Labute approximate surface area is 329 Å². The van der Waals surface area contributed by atoms with Crippen LogP contribution in [0.15, 0.2) is 91.0 Å². The second-order valence-corrected chi connectivity index (χ2v) is 16.4. The van der Waals surface area contributed by atoms with Crippen molar-refractivity contribution in [3.8, 4) is 17.2 Å². The van der Waals surface area contributed by atoms with Crippen LogP contribution in [0.25, 0.3) is 0 Å². The molecule has 294 valence electrons. The lowest BCUT2D eigenvalue weighted by molar-refractivity contribution is -0.0736. The van der Waals surface area contributed by atoms with E-state index in [0.29, 0.717) is 36.5 Å².